The highest BCUT2D eigenvalue weighted by Crippen LogP contribution is 2.14. The first kappa shape index (κ1) is 12.8. The van der Waals surface area contributed by atoms with Crippen molar-refractivity contribution in [2.45, 2.75) is 12.5 Å². The topological polar surface area (TPSA) is 59.1 Å². The Kier molecular flexibility index (Phi) is 6.24. The SMILES string of the molecule is Cl.N[C@@H](CCO)c1ccc(Br)nc1. The minimum atomic E-state index is -0.115. The molecule has 0 radical (unpaired) electrons. The third kappa shape index (κ3) is 4.04. The van der Waals surface area contributed by atoms with E-state index >= 15 is 0 Å². The summed E-state index contributed by atoms with van der Waals surface area (Å²) in [4.78, 5) is 4.04. The van der Waals surface area contributed by atoms with Gasteiger partial charge in [0.25, 0.3) is 0 Å². The van der Waals surface area contributed by atoms with Crippen molar-refractivity contribution in [3.63, 3.8) is 0 Å². The Morgan fingerprint density at radius 3 is 2.69 bits per heavy atom. The van der Waals surface area contributed by atoms with Crippen molar-refractivity contribution in [1.29, 1.82) is 0 Å². The van der Waals surface area contributed by atoms with E-state index in [4.69, 9.17) is 10.8 Å². The molecule has 0 fully saturated rings. The van der Waals surface area contributed by atoms with E-state index in [1.807, 2.05) is 12.1 Å². The number of rotatable bonds is 3. The van der Waals surface area contributed by atoms with Gasteiger partial charge in [0.2, 0.25) is 0 Å². The lowest BCUT2D eigenvalue weighted by molar-refractivity contribution is 0.276. The molecule has 0 aliphatic rings. The molecule has 0 spiro atoms. The summed E-state index contributed by atoms with van der Waals surface area (Å²) in [6.07, 6.45) is 2.29. The summed E-state index contributed by atoms with van der Waals surface area (Å²) in [5, 5.41) is 8.64. The van der Waals surface area contributed by atoms with E-state index in [0.29, 0.717) is 6.42 Å². The van der Waals surface area contributed by atoms with Crippen LogP contribution in [0.25, 0.3) is 0 Å². The predicted molar refractivity (Wildman–Crippen MR) is 57.8 cm³/mol. The number of nitrogens with zero attached hydrogens (tertiary/aromatic N) is 1. The zero-order chi connectivity index (χ0) is 8.97. The van der Waals surface area contributed by atoms with E-state index in [1.165, 1.54) is 0 Å². The lowest BCUT2D eigenvalue weighted by Gasteiger charge is -2.08. The minimum absolute atomic E-state index is 0. The van der Waals surface area contributed by atoms with Crippen molar-refractivity contribution in [3.8, 4) is 0 Å². The molecule has 1 rings (SSSR count). The summed E-state index contributed by atoms with van der Waals surface area (Å²) in [5.41, 5.74) is 6.69. The van der Waals surface area contributed by atoms with E-state index in [0.717, 1.165) is 10.2 Å². The second-order valence-electron chi connectivity index (χ2n) is 2.53. The maximum absolute atomic E-state index is 8.64. The Bertz CT molecular complexity index is 242. The van der Waals surface area contributed by atoms with Gasteiger partial charge in [0, 0.05) is 18.8 Å². The maximum Gasteiger partial charge on any atom is 0.106 e. The number of aliphatic hydroxyl groups excluding tert-OH is 1. The van der Waals surface area contributed by atoms with Crippen LogP contribution < -0.4 is 5.73 Å². The fourth-order valence-electron chi connectivity index (χ4n) is 0.912. The summed E-state index contributed by atoms with van der Waals surface area (Å²) in [5.74, 6) is 0. The summed E-state index contributed by atoms with van der Waals surface area (Å²) in [6, 6.07) is 3.62. The molecule has 0 aliphatic carbocycles. The van der Waals surface area contributed by atoms with E-state index < -0.39 is 0 Å². The van der Waals surface area contributed by atoms with Crippen molar-refractivity contribution in [2.24, 2.45) is 5.73 Å². The first-order valence-electron chi connectivity index (χ1n) is 3.72. The Morgan fingerprint density at radius 2 is 2.23 bits per heavy atom. The van der Waals surface area contributed by atoms with Gasteiger partial charge in [0.1, 0.15) is 4.60 Å². The third-order valence-electron chi connectivity index (χ3n) is 1.62. The second-order valence-corrected chi connectivity index (χ2v) is 3.35. The number of aromatic nitrogens is 1. The smallest absolute Gasteiger partial charge is 0.106 e. The highest BCUT2D eigenvalue weighted by Gasteiger charge is 2.04. The zero-order valence-electron chi connectivity index (χ0n) is 6.98. The van der Waals surface area contributed by atoms with E-state index in [2.05, 4.69) is 20.9 Å². The molecule has 1 atom stereocenters. The van der Waals surface area contributed by atoms with Gasteiger partial charge in [-0.1, -0.05) is 6.07 Å². The summed E-state index contributed by atoms with van der Waals surface area (Å²) >= 11 is 3.23. The third-order valence-corrected chi connectivity index (χ3v) is 2.09. The summed E-state index contributed by atoms with van der Waals surface area (Å²) < 4.78 is 0.794. The predicted octanol–water partition coefficient (Wildman–Crippen LogP) is 1.65. The maximum atomic E-state index is 8.64. The number of hydrogen-bond donors (Lipinski definition) is 2. The minimum Gasteiger partial charge on any atom is -0.396 e. The van der Waals surface area contributed by atoms with Gasteiger partial charge in [-0.2, -0.15) is 0 Å². The Hall–Kier alpha value is -0.160. The number of nitrogens with two attached hydrogens (primary N) is 1. The fourth-order valence-corrected chi connectivity index (χ4v) is 1.15. The van der Waals surface area contributed by atoms with Crippen LogP contribution in [-0.4, -0.2) is 16.7 Å². The van der Waals surface area contributed by atoms with Crippen LogP contribution in [0.2, 0.25) is 0 Å². The largest absolute Gasteiger partial charge is 0.396 e. The average molecular weight is 268 g/mol. The van der Waals surface area contributed by atoms with Crippen LogP contribution in [0.4, 0.5) is 0 Å². The molecule has 3 nitrogen and oxygen atoms in total. The molecule has 13 heavy (non-hydrogen) atoms. The number of halogens is 2. The molecule has 0 aromatic carbocycles. The second kappa shape index (κ2) is 6.32. The van der Waals surface area contributed by atoms with Crippen molar-refractivity contribution < 1.29 is 5.11 Å². The van der Waals surface area contributed by atoms with Crippen LogP contribution in [0.15, 0.2) is 22.9 Å². The quantitative estimate of drug-likeness (QED) is 0.819. The lowest BCUT2D eigenvalue weighted by atomic mass is 10.1. The standard InChI is InChI=1S/C8H11BrN2O.ClH/c9-8-2-1-6(5-11-8)7(10)3-4-12;/h1-2,5,7,12H,3-4,10H2;1H/t7-;/m0./s1. The van der Waals surface area contributed by atoms with Gasteiger partial charge in [-0.15, -0.1) is 12.4 Å². The first-order valence-corrected chi connectivity index (χ1v) is 4.51. The number of pyridine rings is 1. The van der Waals surface area contributed by atoms with Gasteiger partial charge >= 0.3 is 0 Å². The lowest BCUT2D eigenvalue weighted by Crippen LogP contribution is -2.11. The molecule has 0 saturated carbocycles. The average Bonchev–Trinajstić information content (AvgIpc) is 2.06. The van der Waals surface area contributed by atoms with Gasteiger partial charge in [-0.3, -0.25) is 0 Å². The van der Waals surface area contributed by atoms with E-state index in [-0.39, 0.29) is 25.1 Å². The molecule has 1 heterocycles. The monoisotopic (exact) mass is 266 g/mol. The Labute approximate surface area is 91.9 Å². The highest BCUT2D eigenvalue weighted by molar-refractivity contribution is 9.10. The van der Waals surface area contributed by atoms with Gasteiger partial charge < -0.3 is 10.8 Å². The van der Waals surface area contributed by atoms with Crippen LogP contribution in [-0.2, 0) is 0 Å². The van der Waals surface area contributed by atoms with E-state index in [1.54, 1.807) is 6.20 Å². The van der Waals surface area contributed by atoms with Crippen LogP contribution in [0.3, 0.4) is 0 Å². The Morgan fingerprint density at radius 1 is 1.54 bits per heavy atom. The molecule has 1 aromatic rings. The number of hydrogen-bond acceptors (Lipinski definition) is 3. The molecule has 0 unspecified atom stereocenters. The van der Waals surface area contributed by atoms with Crippen LogP contribution in [0.1, 0.15) is 18.0 Å². The summed E-state index contributed by atoms with van der Waals surface area (Å²) in [6.45, 7) is 0.108. The number of aliphatic hydroxyl groups is 1. The van der Waals surface area contributed by atoms with Crippen LogP contribution in [0.5, 0.6) is 0 Å². The zero-order valence-corrected chi connectivity index (χ0v) is 9.38. The van der Waals surface area contributed by atoms with Gasteiger partial charge in [0.05, 0.1) is 0 Å². The first-order chi connectivity index (χ1) is 5.74. The molecule has 1 aromatic heterocycles. The van der Waals surface area contributed by atoms with Crippen LogP contribution in [0, 0.1) is 0 Å². The molecular formula is C8H12BrClN2O. The molecule has 74 valence electrons. The molecule has 0 bridgehead atoms. The molecule has 3 N–H and O–H groups in total. The molecular weight excluding hydrogens is 255 g/mol. The molecule has 5 heteroatoms. The van der Waals surface area contributed by atoms with Gasteiger partial charge in [-0.05, 0) is 34.0 Å². The van der Waals surface area contributed by atoms with Crippen LogP contribution >= 0.6 is 28.3 Å². The molecule has 0 aliphatic heterocycles. The summed E-state index contributed by atoms with van der Waals surface area (Å²) in [7, 11) is 0. The van der Waals surface area contributed by atoms with Crippen molar-refractivity contribution >= 4 is 28.3 Å². The van der Waals surface area contributed by atoms with Gasteiger partial charge in [0.15, 0.2) is 0 Å². The highest BCUT2D eigenvalue weighted by atomic mass is 79.9. The Balaban J connectivity index is 0.00000144. The van der Waals surface area contributed by atoms with E-state index in [9.17, 15) is 0 Å². The van der Waals surface area contributed by atoms with Crippen molar-refractivity contribution in [2.75, 3.05) is 6.61 Å². The van der Waals surface area contributed by atoms with Crippen molar-refractivity contribution in [3.05, 3.63) is 28.5 Å². The van der Waals surface area contributed by atoms with Crippen molar-refractivity contribution in [1.82, 2.24) is 4.98 Å². The molecule has 0 amide bonds. The molecule has 0 saturated heterocycles. The van der Waals surface area contributed by atoms with Gasteiger partial charge in [-0.25, -0.2) is 4.98 Å². The fraction of sp³-hybridized carbons (Fsp3) is 0.375. The normalized spacial score (nSPS) is 11.9.